The number of esters is 1. The third-order valence-corrected chi connectivity index (χ3v) is 3.94. The van der Waals surface area contributed by atoms with Crippen LogP contribution >= 0.6 is 11.6 Å². The van der Waals surface area contributed by atoms with Crippen molar-refractivity contribution in [3.05, 3.63) is 40.9 Å². The molecule has 1 heterocycles. The normalized spacial score (nSPS) is 11.7. The zero-order valence-corrected chi connectivity index (χ0v) is 15.3. The lowest BCUT2D eigenvalue weighted by Gasteiger charge is -2.11. The topological polar surface area (TPSA) is 92.3 Å². The van der Waals surface area contributed by atoms with Gasteiger partial charge in [0.15, 0.2) is 29.6 Å². The molecule has 0 bridgehead atoms. The van der Waals surface area contributed by atoms with Gasteiger partial charge in [0.1, 0.15) is 0 Å². The van der Waals surface area contributed by atoms with Gasteiger partial charge in [-0.3, -0.25) is 4.79 Å². The number of anilines is 1. The maximum atomic E-state index is 12.2. The second kappa shape index (κ2) is 8.05. The third kappa shape index (κ3) is 4.17. The molecule has 142 valence electrons. The zero-order valence-electron chi connectivity index (χ0n) is 14.5. The van der Waals surface area contributed by atoms with Crippen LogP contribution in [0.2, 0.25) is 5.02 Å². The fourth-order valence-electron chi connectivity index (χ4n) is 2.42. The maximum absolute atomic E-state index is 12.2. The SMILES string of the molecule is COc1cc(C(=O)OCC(=O)Nc2ccc3c(c2)OCO3)cc(Cl)c1OC. The van der Waals surface area contributed by atoms with Crippen LogP contribution in [-0.4, -0.2) is 39.5 Å². The highest BCUT2D eigenvalue weighted by molar-refractivity contribution is 6.32. The summed E-state index contributed by atoms with van der Waals surface area (Å²) in [6, 6.07) is 7.75. The van der Waals surface area contributed by atoms with E-state index in [9.17, 15) is 9.59 Å². The highest BCUT2D eigenvalue weighted by Crippen LogP contribution is 2.36. The summed E-state index contributed by atoms with van der Waals surface area (Å²) < 4.78 is 25.7. The van der Waals surface area contributed by atoms with Gasteiger partial charge >= 0.3 is 5.97 Å². The average molecular weight is 394 g/mol. The Morgan fingerprint density at radius 3 is 2.63 bits per heavy atom. The Morgan fingerprint density at radius 1 is 1.11 bits per heavy atom. The van der Waals surface area contributed by atoms with Crippen molar-refractivity contribution < 1.29 is 33.3 Å². The number of fused-ring (bicyclic) bond motifs is 1. The fraction of sp³-hybridized carbons (Fsp3) is 0.222. The van der Waals surface area contributed by atoms with E-state index in [1.165, 1.54) is 26.4 Å². The van der Waals surface area contributed by atoms with Crippen LogP contribution < -0.4 is 24.3 Å². The lowest BCUT2D eigenvalue weighted by molar-refractivity contribution is -0.119. The number of carbonyl (C=O) groups excluding carboxylic acids is 2. The molecule has 0 spiro atoms. The van der Waals surface area contributed by atoms with Crippen LogP contribution in [0.5, 0.6) is 23.0 Å². The van der Waals surface area contributed by atoms with E-state index in [1.807, 2.05) is 0 Å². The summed E-state index contributed by atoms with van der Waals surface area (Å²) in [7, 11) is 2.85. The number of hydrogen-bond acceptors (Lipinski definition) is 7. The summed E-state index contributed by atoms with van der Waals surface area (Å²) in [6.07, 6.45) is 0. The van der Waals surface area contributed by atoms with E-state index in [1.54, 1.807) is 18.2 Å². The lowest BCUT2D eigenvalue weighted by Crippen LogP contribution is -2.21. The van der Waals surface area contributed by atoms with E-state index in [2.05, 4.69) is 5.32 Å². The van der Waals surface area contributed by atoms with Gasteiger partial charge in [-0.1, -0.05) is 11.6 Å². The second-order valence-corrected chi connectivity index (χ2v) is 5.79. The Balaban J connectivity index is 1.60. The van der Waals surface area contributed by atoms with Crippen LogP contribution in [0.3, 0.4) is 0 Å². The number of carbonyl (C=O) groups is 2. The first-order valence-corrected chi connectivity index (χ1v) is 8.17. The molecule has 1 N–H and O–H groups in total. The van der Waals surface area contributed by atoms with E-state index in [0.29, 0.717) is 22.9 Å². The van der Waals surface area contributed by atoms with Crippen molar-refractivity contribution in [3.63, 3.8) is 0 Å². The van der Waals surface area contributed by atoms with Gasteiger partial charge in [-0.15, -0.1) is 0 Å². The molecule has 1 amide bonds. The Bertz CT molecular complexity index is 884. The first-order chi connectivity index (χ1) is 13.0. The van der Waals surface area contributed by atoms with E-state index in [-0.39, 0.29) is 23.1 Å². The van der Waals surface area contributed by atoms with Gasteiger partial charge in [-0.25, -0.2) is 4.79 Å². The van der Waals surface area contributed by atoms with Gasteiger partial charge in [0.25, 0.3) is 5.91 Å². The van der Waals surface area contributed by atoms with Crippen LogP contribution in [-0.2, 0) is 9.53 Å². The number of hydrogen-bond donors (Lipinski definition) is 1. The minimum Gasteiger partial charge on any atom is -0.493 e. The van der Waals surface area contributed by atoms with Crippen molar-refractivity contribution in [1.82, 2.24) is 0 Å². The highest BCUT2D eigenvalue weighted by Gasteiger charge is 2.18. The van der Waals surface area contributed by atoms with Crippen molar-refractivity contribution in [3.8, 4) is 23.0 Å². The number of rotatable bonds is 6. The molecule has 0 fully saturated rings. The second-order valence-electron chi connectivity index (χ2n) is 5.39. The molecule has 2 aromatic carbocycles. The molecule has 9 heteroatoms. The monoisotopic (exact) mass is 393 g/mol. The molecule has 0 atom stereocenters. The van der Waals surface area contributed by atoms with Gasteiger partial charge in [-0.05, 0) is 24.3 Å². The third-order valence-electron chi connectivity index (χ3n) is 3.66. The lowest BCUT2D eigenvalue weighted by atomic mass is 10.2. The molecule has 3 rings (SSSR count). The molecule has 2 aromatic rings. The Kier molecular flexibility index (Phi) is 5.56. The fourth-order valence-corrected chi connectivity index (χ4v) is 2.71. The Morgan fingerprint density at radius 2 is 1.89 bits per heavy atom. The quantitative estimate of drug-likeness (QED) is 0.754. The number of halogens is 1. The highest BCUT2D eigenvalue weighted by atomic mass is 35.5. The van der Waals surface area contributed by atoms with Crippen LogP contribution in [0.25, 0.3) is 0 Å². The molecule has 0 aliphatic carbocycles. The Hall–Kier alpha value is -3.13. The van der Waals surface area contributed by atoms with Crippen molar-refractivity contribution in [1.29, 1.82) is 0 Å². The van der Waals surface area contributed by atoms with Gasteiger partial charge in [-0.2, -0.15) is 0 Å². The van der Waals surface area contributed by atoms with Gasteiger partial charge in [0.2, 0.25) is 6.79 Å². The van der Waals surface area contributed by atoms with E-state index in [4.69, 9.17) is 35.3 Å². The molecule has 1 aliphatic rings. The predicted octanol–water partition coefficient (Wildman–Crippen LogP) is 2.88. The van der Waals surface area contributed by atoms with Crippen molar-refractivity contribution in [2.75, 3.05) is 32.9 Å². The molecule has 0 saturated carbocycles. The maximum Gasteiger partial charge on any atom is 0.338 e. The summed E-state index contributed by atoms with van der Waals surface area (Å²) in [5.41, 5.74) is 0.628. The number of benzene rings is 2. The van der Waals surface area contributed by atoms with E-state index < -0.39 is 18.5 Å². The van der Waals surface area contributed by atoms with Gasteiger partial charge in [0, 0.05) is 11.8 Å². The molecular formula is C18H16ClNO7. The van der Waals surface area contributed by atoms with Crippen molar-refractivity contribution in [2.45, 2.75) is 0 Å². The average Bonchev–Trinajstić information content (AvgIpc) is 3.13. The van der Waals surface area contributed by atoms with Crippen molar-refractivity contribution >= 4 is 29.2 Å². The minimum absolute atomic E-state index is 0.133. The minimum atomic E-state index is -0.723. The molecule has 0 radical (unpaired) electrons. The van der Waals surface area contributed by atoms with E-state index in [0.717, 1.165) is 0 Å². The van der Waals surface area contributed by atoms with E-state index >= 15 is 0 Å². The molecule has 0 saturated heterocycles. The predicted molar refractivity (Wildman–Crippen MR) is 96.0 cm³/mol. The molecular weight excluding hydrogens is 378 g/mol. The summed E-state index contributed by atoms with van der Waals surface area (Å²) in [6.45, 7) is -0.336. The Labute approximate surface area is 159 Å². The number of amides is 1. The van der Waals surface area contributed by atoms with Gasteiger partial charge < -0.3 is 29.0 Å². The molecule has 0 unspecified atom stereocenters. The number of methoxy groups -OCH3 is 2. The first-order valence-electron chi connectivity index (χ1n) is 7.80. The molecule has 27 heavy (non-hydrogen) atoms. The van der Waals surface area contributed by atoms with Crippen LogP contribution in [0, 0.1) is 0 Å². The smallest absolute Gasteiger partial charge is 0.338 e. The standard InChI is InChI=1S/C18H16ClNO7/c1-23-15-6-10(5-12(19)17(15)24-2)18(22)25-8-16(21)20-11-3-4-13-14(7-11)27-9-26-13/h3-7H,8-9H2,1-2H3,(H,20,21). The first kappa shape index (κ1) is 18.7. The molecule has 8 nitrogen and oxygen atoms in total. The molecule has 0 aromatic heterocycles. The van der Waals surface area contributed by atoms with Gasteiger partial charge in [0.05, 0.1) is 24.8 Å². The summed E-state index contributed by atoms with van der Waals surface area (Å²) in [5, 5.41) is 2.80. The molecule has 1 aliphatic heterocycles. The number of nitrogens with one attached hydrogen (secondary N) is 1. The zero-order chi connectivity index (χ0) is 19.4. The summed E-state index contributed by atoms with van der Waals surface area (Å²) in [5.74, 6) is 0.486. The summed E-state index contributed by atoms with van der Waals surface area (Å²) >= 11 is 6.06. The van der Waals surface area contributed by atoms with Crippen LogP contribution in [0.4, 0.5) is 5.69 Å². The largest absolute Gasteiger partial charge is 0.493 e. The summed E-state index contributed by atoms with van der Waals surface area (Å²) in [4.78, 5) is 24.2. The number of ether oxygens (including phenoxy) is 5. The van der Waals surface area contributed by atoms with Crippen LogP contribution in [0.1, 0.15) is 10.4 Å². The van der Waals surface area contributed by atoms with Crippen molar-refractivity contribution in [2.24, 2.45) is 0 Å². The van der Waals surface area contributed by atoms with Crippen LogP contribution in [0.15, 0.2) is 30.3 Å².